The van der Waals surface area contributed by atoms with Gasteiger partial charge < -0.3 is 10.4 Å². The van der Waals surface area contributed by atoms with Crippen molar-refractivity contribution in [2.45, 2.75) is 6.92 Å². The van der Waals surface area contributed by atoms with Gasteiger partial charge in [0, 0.05) is 12.6 Å². The average Bonchev–Trinajstić information content (AvgIpc) is 1.61. The third-order valence-electron chi connectivity index (χ3n) is 0.321. The molecular weight excluding hydrogens is 78.0 g/mol. The van der Waals surface area contributed by atoms with Crippen LogP contribution < -0.4 is 5.32 Å². The first-order valence-electron chi connectivity index (χ1n) is 1.78. The fourth-order valence-electron chi connectivity index (χ4n) is 0.128. The largest absolute Gasteiger partial charge is 0.461 e. The molecule has 0 saturated carbocycles. The highest BCUT2D eigenvalue weighted by Crippen LogP contribution is 1.43. The number of hydrogen-bond acceptors (Lipinski definition) is 2. The number of hydrogen-bond donors (Lipinski definition) is 2. The minimum absolute atomic E-state index is 0.771. The highest BCUT2D eigenvalue weighted by atomic mass is 16.2. The Balaban J connectivity index is 2.79. The van der Waals surface area contributed by atoms with E-state index in [1.165, 1.54) is 0 Å². The Kier molecular flexibility index (Phi) is 3.58. The van der Waals surface area contributed by atoms with Gasteiger partial charge in [0.1, 0.15) is 6.11 Å². The van der Waals surface area contributed by atoms with Gasteiger partial charge in [0.15, 0.2) is 0 Å². The molecule has 2 nitrogen and oxygen atoms in total. The first kappa shape index (κ1) is 5.16. The van der Waals surface area contributed by atoms with Crippen LogP contribution >= 0.6 is 0 Å². The summed E-state index contributed by atoms with van der Waals surface area (Å²) in [4.78, 5) is 0. The summed E-state index contributed by atoms with van der Waals surface area (Å²) in [6.07, 6.45) is 1.71. The van der Waals surface area contributed by atoms with Gasteiger partial charge in [-0.15, -0.1) is 0 Å². The smallest absolute Gasteiger partial charge is 0.131 e. The quantitative estimate of drug-likeness (QED) is 0.344. The van der Waals surface area contributed by atoms with Gasteiger partial charge in [-0.2, -0.15) is 0 Å². The molecule has 0 unspecified atom stereocenters. The molecule has 0 heterocycles. The van der Waals surface area contributed by atoms with Crippen LogP contribution in [-0.2, 0) is 0 Å². The fourth-order valence-corrected chi connectivity index (χ4v) is 0.128. The van der Waals surface area contributed by atoms with Crippen molar-refractivity contribution in [3.8, 4) is 12.2 Å². The summed E-state index contributed by atoms with van der Waals surface area (Å²) in [5, 5.41) is 10.4. The maximum absolute atomic E-state index is 7.77. The van der Waals surface area contributed by atoms with Crippen molar-refractivity contribution in [1.82, 2.24) is 5.32 Å². The van der Waals surface area contributed by atoms with E-state index in [0.29, 0.717) is 0 Å². The third-order valence-corrected chi connectivity index (χ3v) is 0.321. The lowest BCUT2D eigenvalue weighted by atomic mass is 10.8. The van der Waals surface area contributed by atoms with Gasteiger partial charge >= 0.3 is 0 Å². The van der Waals surface area contributed by atoms with Crippen molar-refractivity contribution in [3.63, 3.8) is 0 Å². The van der Waals surface area contributed by atoms with Crippen LogP contribution in [0.1, 0.15) is 6.92 Å². The van der Waals surface area contributed by atoms with Crippen LogP contribution in [0.4, 0.5) is 0 Å². The topological polar surface area (TPSA) is 32.3 Å². The zero-order valence-electron chi connectivity index (χ0n) is 3.65. The first-order chi connectivity index (χ1) is 2.91. The lowest BCUT2D eigenvalue weighted by molar-refractivity contribution is 0.515. The molecular formula is C4H7NO. The van der Waals surface area contributed by atoms with E-state index in [9.17, 15) is 0 Å². The Morgan fingerprint density at radius 3 is 2.67 bits per heavy atom. The molecule has 0 saturated heterocycles. The standard InChI is InChI=1S/C4H7NO/c1-2-5-3-4-6/h5-6H,2H2,1H3. The van der Waals surface area contributed by atoms with Gasteiger partial charge in [0.25, 0.3) is 0 Å². The molecule has 2 heteroatoms. The van der Waals surface area contributed by atoms with E-state index >= 15 is 0 Å². The molecule has 0 fully saturated rings. The molecule has 0 rings (SSSR count). The van der Waals surface area contributed by atoms with Crippen molar-refractivity contribution in [2.75, 3.05) is 6.54 Å². The van der Waals surface area contributed by atoms with Gasteiger partial charge in [0.05, 0.1) is 0 Å². The summed E-state index contributed by atoms with van der Waals surface area (Å²) in [6, 6.07) is 2.25. The molecule has 0 aliphatic heterocycles. The van der Waals surface area contributed by atoms with Crippen LogP contribution in [0.25, 0.3) is 0 Å². The van der Waals surface area contributed by atoms with Crippen molar-refractivity contribution in [2.24, 2.45) is 0 Å². The van der Waals surface area contributed by atoms with E-state index in [2.05, 4.69) is 11.4 Å². The van der Waals surface area contributed by atoms with Crippen LogP contribution in [0.3, 0.4) is 0 Å². The highest BCUT2D eigenvalue weighted by molar-refractivity contribution is 4.84. The average molecular weight is 85.1 g/mol. The van der Waals surface area contributed by atoms with Crippen molar-refractivity contribution < 1.29 is 5.11 Å². The first-order valence-corrected chi connectivity index (χ1v) is 1.78. The van der Waals surface area contributed by atoms with Gasteiger partial charge in [-0.25, -0.2) is 0 Å². The second kappa shape index (κ2) is 4.16. The maximum Gasteiger partial charge on any atom is 0.131 e. The molecule has 0 aromatic rings. The summed E-state index contributed by atoms with van der Waals surface area (Å²) >= 11 is 0. The summed E-state index contributed by atoms with van der Waals surface area (Å²) in [5.74, 6) is 0. The molecule has 6 heavy (non-hydrogen) atoms. The van der Waals surface area contributed by atoms with Crippen LogP contribution in [0.2, 0.25) is 0 Å². The zero-order chi connectivity index (χ0) is 4.83. The fraction of sp³-hybridized carbons (Fsp3) is 0.500. The number of nitrogens with one attached hydrogen (secondary N) is 1. The molecule has 0 atom stereocenters. The Morgan fingerprint density at radius 1 is 1.83 bits per heavy atom. The predicted molar refractivity (Wildman–Crippen MR) is 23.4 cm³/mol. The van der Waals surface area contributed by atoms with Crippen LogP contribution in [0.15, 0.2) is 0 Å². The Morgan fingerprint density at radius 2 is 2.50 bits per heavy atom. The Bertz CT molecular complexity index is 69.4. The van der Waals surface area contributed by atoms with E-state index < -0.39 is 0 Å². The molecule has 2 N–H and O–H groups in total. The lowest BCUT2D eigenvalue weighted by Gasteiger charge is -1.79. The molecule has 34 valence electrons. The lowest BCUT2D eigenvalue weighted by Crippen LogP contribution is -2.01. The van der Waals surface area contributed by atoms with Gasteiger partial charge in [0.2, 0.25) is 0 Å². The summed E-state index contributed by atoms with van der Waals surface area (Å²) < 4.78 is 0. The normalized spacial score (nSPS) is 5.50. The van der Waals surface area contributed by atoms with Gasteiger partial charge in [-0.3, -0.25) is 0 Å². The van der Waals surface area contributed by atoms with E-state index in [0.717, 1.165) is 6.54 Å². The van der Waals surface area contributed by atoms with E-state index in [4.69, 9.17) is 5.11 Å². The Labute approximate surface area is 37.2 Å². The number of aliphatic hydroxyl groups excluding tert-OH is 1. The van der Waals surface area contributed by atoms with Crippen LogP contribution in [0, 0.1) is 12.2 Å². The second-order valence-corrected chi connectivity index (χ2v) is 0.767. The molecule has 0 radical (unpaired) electrons. The van der Waals surface area contributed by atoms with Gasteiger partial charge in [-0.05, 0) is 6.92 Å². The van der Waals surface area contributed by atoms with Crippen molar-refractivity contribution in [1.29, 1.82) is 0 Å². The van der Waals surface area contributed by atoms with Crippen molar-refractivity contribution >= 4 is 0 Å². The Hall–Kier alpha value is -0.840. The van der Waals surface area contributed by atoms with Gasteiger partial charge in [-0.1, -0.05) is 0 Å². The highest BCUT2D eigenvalue weighted by Gasteiger charge is 1.58. The molecule has 0 amide bonds. The number of aliphatic hydroxyl groups is 1. The minimum Gasteiger partial charge on any atom is -0.461 e. The van der Waals surface area contributed by atoms with E-state index in [-0.39, 0.29) is 0 Å². The molecule has 0 spiro atoms. The monoisotopic (exact) mass is 85.1 g/mol. The van der Waals surface area contributed by atoms with Crippen LogP contribution in [-0.4, -0.2) is 11.7 Å². The third kappa shape index (κ3) is 3.16. The van der Waals surface area contributed by atoms with E-state index in [1.54, 1.807) is 6.11 Å². The summed E-state index contributed by atoms with van der Waals surface area (Å²) in [7, 11) is 0. The number of rotatable bonds is 1. The molecule has 0 aromatic heterocycles. The molecule has 0 bridgehead atoms. The van der Waals surface area contributed by atoms with Crippen molar-refractivity contribution in [3.05, 3.63) is 0 Å². The summed E-state index contributed by atoms with van der Waals surface area (Å²) in [6.45, 7) is 2.68. The maximum atomic E-state index is 7.77. The molecule has 0 aliphatic carbocycles. The predicted octanol–water partition coefficient (Wildman–Crippen LogP) is -0.113. The molecule has 0 aliphatic rings. The second-order valence-electron chi connectivity index (χ2n) is 0.767. The SMILES string of the molecule is CCNC#CO. The zero-order valence-corrected chi connectivity index (χ0v) is 3.65. The minimum atomic E-state index is 0.771. The van der Waals surface area contributed by atoms with Crippen LogP contribution in [0.5, 0.6) is 0 Å². The summed E-state index contributed by atoms with van der Waals surface area (Å²) in [5.41, 5.74) is 0. The molecule has 0 aromatic carbocycles. The van der Waals surface area contributed by atoms with E-state index in [1.807, 2.05) is 6.92 Å².